The molecule has 0 fully saturated rings. The molecule has 0 aliphatic heterocycles. The van der Waals surface area contributed by atoms with Crippen molar-refractivity contribution in [2.75, 3.05) is 11.1 Å². The van der Waals surface area contributed by atoms with Crippen LogP contribution in [-0.2, 0) is 14.6 Å². The molecule has 0 aliphatic carbocycles. The lowest BCUT2D eigenvalue weighted by Crippen LogP contribution is -2.17. The van der Waals surface area contributed by atoms with Crippen LogP contribution in [0.15, 0.2) is 47.4 Å². The Bertz CT molecular complexity index is 995. The van der Waals surface area contributed by atoms with E-state index in [1.165, 1.54) is 23.5 Å². The maximum Gasteiger partial charge on any atom is 0.227 e. The molecule has 5 nitrogen and oxygen atoms in total. The molecule has 1 N–H and O–H groups in total. The summed E-state index contributed by atoms with van der Waals surface area (Å²) in [5, 5.41) is 3.85. The molecule has 0 spiro atoms. The molecule has 0 unspecified atom stereocenters. The van der Waals surface area contributed by atoms with Gasteiger partial charge in [-0.3, -0.25) is 4.79 Å². The lowest BCUT2D eigenvalue weighted by atomic mass is 10.3. The van der Waals surface area contributed by atoms with E-state index in [0.29, 0.717) is 25.4 Å². The van der Waals surface area contributed by atoms with E-state index in [0.717, 1.165) is 0 Å². The van der Waals surface area contributed by atoms with Crippen molar-refractivity contribution in [2.45, 2.75) is 11.3 Å². The van der Waals surface area contributed by atoms with Crippen LogP contribution in [0.25, 0.3) is 10.2 Å². The van der Waals surface area contributed by atoms with Crippen LogP contribution in [0.5, 0.6) is 0 Å². The Morgan fingerprint density at radius 3 is 2.44 bits per heavy atom. The highest BCUT2D eigenvalue weighted by molar-refractivity contribution is 7.91. The fourth-order valence-electron chi connectivity index (χ4n) is 2.15. The molecule has 3 rings (SSSR count). The molecule has 0 saturated heterocycles. The van der Waals surface area contributed by atoms with Crippen molar-refractivity contribution in [3.05, 3.63) is 52.5 Å². The summed E-state index contributed by atoms with van der Waals surface area (Å²) in [5.74, 6) is -0.722. The Labute approximate surface area is 158 Å². The SMILES string of the molecule is O=C(CCS(=O)(=O)c1ccccc1)Nc1nc2c(Cl)ccc(Cl)c2s1. The number of sulfone groups is 1. The normalized spacial score (nSPS) is 11.6. The number of hydrogen-bond donors (Lipinski definition) is 1. The molecule has 0 aliphatic rings. The van der Waals surface area contributed by atoms with E-state index >= 15 is 0 Å². The lowest BCUT2D eigenvalue weighted by Gasteiger charge is -2.04. The van der Waals surface area contributed by atoms with Gasteiger partial charge in [0.25, 0.3) is 0 Å². The first kappa shape index (κ1) is 18.1. The van der Waals surface area contributed by atoms with E-state index in [-0.39, 0.29) is 17.1 Å². The number of hydrogen-bond acceptors (Lipinski definition) is 5. The number of fused-ring (bicyclic) bond motifs is 1. The van der Waals surface area contributed by atoms with Gasteiger partial charge in [-0.05, 0) is 24.3 Å². The third-order valence-electron chi connectivity index (χ3n) is 3.39. The van der Waals surface area contributed by atoms with E-state index in [1.807, 2.05) is 0 Å². The molecule has 2 aromatic carbocycles. The average molecular weight is 415 g/mol. The first-order valence-corrected chi connectivity index (χ1v) is 10.4. The summed E-state index contributed by atoms with van der Waals surface area (Å²) in [5.41, 5.74) is 0.506. The quantitative estimate of drug-likeness (QED) is 0.670. The Kier molecular flexibility index (Phi) is 5.29. The van der Waals surface area contributed by atoms with Crippen LogP contribution >= 0.6 is 34.5 Å². The van der Waals surface area contributed by atoms with Gasteiger partial charge in [-0.2, -0.15) is 0 Å². The van der Waals surface area contributed by atoms with Gasteiger partial charge in [0.2, 0.25) is 5.91 Å². The number of halogens is 2. The highest BCUT2D eigenvalue weighted by Gasteiger charge is 2.17. The zero-order valence-electron chi connectivity index (χ0n) is 12.7. The van der Waals surface area contributed by atoms with Crippen molar-refractivity contribution < 1.29 is 13.2 Å². The summed E-state index contributed by atoms with van der Waals surface area (Å²) in [4.78, 5) is 16.5. The molecular formula is C16H12Cl2N2O3S2. The second-order valence-corrected chi connectivity index (χ2v) is 9.08. The molecule has 1 amide bonds. The fraction of sp³-hybridized carbons (Fsp3) is 0.125. The standard InChI is InChI=1S/C16H12Cl2N2O3S2/c17-11-6-7-12(18)15-14(11)20-16(24-15)19-13(21)8-9-25(22,23)10-4-2-1-3-5-10/h1-7H,8-9H2,(H,19,20,21). The molecule has 1 aromatic heterocycles. The number of benzene rings is 2. The minimum Gasteiger partial charge on any atom is -0.302 e. The third kappa shape index (κ3) is 4.12. The number of thiazole rings is 1. The van der Waals surface area contributed by atoms with E-state index in [2.05, 4.69) is 10.3 Å². The molecule has 1 heterocycles. The summed E-state index contributed by atoms with van der Waals surface area (Å²) in [7, 11) is -3.51. The Morgan fingerprint density at radius 2 is 1.76 bits per heavy atom. The summed E-state index contributed by atoms with van der Waals surface area (Å²) < 4.78 is 25.1. The molecule has 0 atom stereocenters. The molecule has 9 heteroatoms. The second-order valence-electron chi connectivity index (χ2n) is 5.16. The molecular weight excluding hydrogens is 403 g/mol. The van der Waals surface area contributed by atoms with Gasteiger partial charge in [0.15, 0.2) is 15.0 Å². The van der Waals surface area contributed by atoms with Gasteiger partial charge in [-0.25, -0.2) is 13.4 Å². The van der Waals surface area contributed by atoms with Gasteiger partial charge >= 0.3 is 0 Å². The first-order valence-electron chi connectivity index (χ1n) is 7.19. The molecule has 130 valence electrons. The minimum atomic E-state index is -3.51. The van der Waals surface area contributed by atoms with E-state index in [4.69, 9.17) is 23.2 Å². The average Bonchev–Trinajstić information content (AvgIpc) is 3.02. The van der Waals surface area contributed by atoms with Crippen LogP contribution in [0.2, 0.25) is 10.0 Å². The van der Waals surface area contributed by atoms with Crippen molar-refractivity contribution in [2.24, 2.45) is 0 Å². The van der Waals surface area contributed by atoms with Gasteiger partial charge < -0.3 is 5.32 Å². The maximum atomic E-state index is 12.2. The van der Waals surface area contributed by atoms with Crippen molar-refractivity contribution >= 4 is 65.6 Å². The summed E-state index contributed by atoms with van der Waals surface area (Å²) >= 11 is 13.3. The Morgan fingerprint density at radius 1 is 1.08 bits per heavy atom. The highest BCUT2D eigenvalue weighted by Crippen LogP contribution is 2.36. The summed E-state index contributed by atoms with van der Waals surface area (Å²) in [6.07, 6.45) is -0.172. The van der Waals surface area contributed by atoms with Gasteiger partial charge in [0.1, 0.15) is 5.52 Å². The van der Waals surface area contributed by atoms with Crippen molar-refractivity contribution in [3.63, 3.8) is 0 Å². The van der Waals surface area contributed by atoms with Crippen molar-refractivity contribution in [1.29, 1.82) is 0 Å². The predicted octanol–water partition coefficient (Wildman–Crippen LogP) is 4.41. The molecule has 0 bridgehead atoms. The summed E-state index contributed by atoms with van der Waals surface area (Å²) in [6, 6.07) is 11.3. The van der Waals surface area contributed by atoms with Crippen LogP contribution in [-0.4, -0.2) is 25.1 Å². The smallest absolute Gasteiger partial charge is 0.227 e. The van der Waals surface area contributed by atoms with Gasteiger partial charge in [0, 0.05) is 6.42 Å². The first-order chi connectivity index (χ1) is 11.9. The number of carbonyl (C=O) groups excluding carboxylic acids is 1. The fourth-order valence-corrected chi connectivity index (χ4v) is 4.85. The zero-order chi connectivity index (χ0) is 18.0. The van der Waals surface area contributed by atoms with Crippen LogP contribution in [0.4, 0.5) is 5.13 Å². The number of nitrogens with one attached hydrogen (secondary N) is 1. The van der Waals surface area contributed by atoms with Gasteiger partial charge in [-0.1, -0.05) is 52.7 Å². The number of nitrogens with zero attached hydrogens (tertiary/aromatic N) is 1. The van der Waals surface area contributed by atoms with Crippen LogP contribution in [0.3, 0.4) is 0 Å². The molecule has 0 radical (unpaired) electrons. The number of anilines is 1. The third-order valence-corrected chi connectivity index (χ3v) is 6.86. The van der Waals surface area contributed by atoms with Crippen LogP contribution in [0.1, 0.15) is 6.42 Å². The number of carbonyl (C=O) groups is 1. The number of amides is 1. The van der Waals surface area contributed by atoms with E-state index < -0.39 is 15.7 Å². The van der Waals surface area contributed by atoms with E-state index in [1.54, 1.807) is 30.3 Å². The molecule has 0 saturated carbocycles. The number of aromatic nitrogens is 1. The zero-order valence-corrected chi connectivity index (χ0v) is 15.8. The van der Waals surface area contributed by atoms with Crippen LogP contribution < -0.4 is 5.32 Å². The topological polar surface area (TPSA) is 76.1 Å². The highest BCUT2D eigenvalue weighted by atomic mass is 35.5. The lowest BCUT2D eigenvalue weighted by molar-refractivity contribution is -0.115. The largest absolute Gasteiger partial charge is 0.302 e. The molecule has 25 heavy (non-hydrogen) atoms. The monoisotopic (exact) mass is 414 g/mol. The predicted molar refractivity (Wildman–Crippen MR) is 101 cm³/mol. The van der Waals surface area contributed by atoms with Crippen molar-refractivity contribution in [1.82, 2.24) is 4.98 Å². The Hall–Kier alpha value is -1.67. The second kappa shape index (κ2) is 7.29. The van der Waals surface area contributed by atoms with Gasteiger partial charge in [0.05, 0.1) is 25.4 Å². The van der Waals surface area contributed by atoms with Crippen molar-refractivity contribution in [3.8, 4) is 0 Å². The van der Waals surface area contributed by atoms with Crippen LogP contribution in [0, 0.1) is 0 Å². The van der Waals surface area contributed by atoms with Gasteiger partial charge in [-0.15, -0.1) is 0 Å². The molecule has 3 aromatic rings. The maximum absolute atomic E-state index is 12.2. The minimum absolute atomic E-state index is 0.172. The Balaban J connectivity index is 1.69. The summed E-state index contributed by atoms with van der Waals surface area (Å²) in [6.45, 7) is 0. The van der Waals surface area contributed by atoms with E-state index in [9.17, 15) is 13.2 Å². The number of rotatable bonds is 5.